The summed E-state index contributed by atoms with van der Waals surface area (Å²) in [4.78, 5) is 25.0. The van der Waals surface area contributed by atoms with Crippen LogP contribution in [0.3, 0.4) is 0 Å². The Morgan fingerprint density at radius 3 is 2.72 bits per heavy atom. The minimum absolute atomic E-state index is 0.0193. The first kappa shape index (κ1) is 19.4. The first-order valence-corrected chi connectivity index (χ1v) is 9.96. The number of halogens is 1. The van der Waals surface area contributed by atoms with E-state index in [1.54, 1.807) is 0 Å². The van der Waals surface area contributed by atoms with Gasteiger partial charge in [-0.15, -0.1) is 0 Å². The zero-order chi connectivity index (χ0) is 20.5. The molecule has 1 saturated heterocycles. The standard InChI is InChI=1S/C22H25FN4O2/c1-14(2)17-6-4-16(5-7-17)10-20(28)27-9-8-26(13-15(27)3)22-25-19-11-18(23)12-24-21(19)29-22/h4-7,11-12,14-15H,8-10,13H2,1-3H3/t15-/m1/s1. The van der Waals surface area contributed by atoms with Gasteiger partial charge in [-0.25, -0.2) is 9.37 Å². The Morgan fingerprint density at radius 2 is 2.03 bits per heavy atom. The highest BCUT2D eigenvalue weighted by molar-refractivity contribution is 5.79. The molecule has 4 rings (SSSR count). The maximum absolute atomic E-state index is 13.3. The van der Waals surface area contributed by atoms with E-state index in [9.17, 15) is 9.18 Å². The molecule has 3 aromatic rings. The largest absolute Gasteiger partial charge is 0.404 e. The number of nitrogens with zero attached hydrogens (tertiary/aromatic N) is 4. The molecule has 1 aliphatic rings. The van der Waals surface area contributed by atoms with Gasteiger partial charge in [-0.2, -0.15) is 4.98 Å². The Labute approximate surface area is 169 Å². The molecule has 6 nitrogen and oxygen atoms in total. The van der Waals surface area contributed by atoms with Crippen LogP contribution in [0.25, 0.3) is 11.2 Å². The smallest absolute Gasteiger partial charge is 0.299 e. The Balaban J connectivity index is 1.40. The highest BCUT2D eigenvalue weighted by Crippen LogP contribution is 2.24. The summed E-state index contributed by atoms with van der Waals surface area (Å²) in [6, 6.07) is 10.0. The number of oxazole rings is 1. The van der Waals surface area contributed by atoms with Crippen molar-refractivity contribution in [1.29, 1.82) is 0 Å². The highest BCUT2D eigenvalue weighted by atomic mass is 19.1. The van der Waals surface area contributed by atoms with Gasteiger partial charge in [-0.1, -0.05) is 38.1 Å². The molecule has 1 aromatic carbocycles. The maximum Gasteiger partial charge on any atom is 0.299 e. The van der Waals surface area contributed by atoms with E-state index >= 15 is 0 Å². The van der Waals surface area contributed by atoms with E-state index in [0.717, 1.165) is 11.8 Å². The average molecular weight is 396 g/mol. The van der Waals surface area contributed by atoms with Crippen LogP contribution in [0.4, 0.5) is 10.4 Å². The van der Waals surface area contributed by atoms with Crippen LogP contribution in [0, 0.1) is 5.82 Å². The van der Waals surface area contributed by atoms with Crippen LogP contribution in [0.5, 0.6) is 0 Å². The molecular formula is C22H25FN4O2. The Hall–Kier alpha value is -2.96. The summed E-state index contributed by atoms with van der Waals surface area (Å²) in [5, 5.41) is 0. The molecule has 1 atom stereocenters. The van der Waals surface area contributed by atoms with Crippen molar-refractivity contribution in [2.75, 3.05) is 24.5 Å². The Kier molecular flexibility index (Phi) is 5.22. The summed E-state index contributed by atoms with van der Waals surface area (Å²) in [7, 11) is 0. The number of carbonyl (C=O) groups excluding carboxylic acids is 1. The summed E-state index contributed by atoms with van der Waals surface area (Å²) in [6.45, 7) is 8.14. The van der Waals surface area contributed by atoms with E-state index in [-0.39, 0.29) is 11.9 Å². The summed E-state index contributed by atoms with van der Waals surface area (Å²) < 4.78 is 19.0. The predicted molar refractivity (Wildman–Crippen MR) is 109 cm³/mol. The lowest BCUT2D eigenvalue weighted by molar-refractivity contribution is -0.132. The molecule has 7 heteroatoms. The van der Waals surface area contributed by atoms with Crippen LogP contribution in [0.2, 0.25) is 0 Å². The van der Waals surface area contributed by atoms with Gasteiger partial charge < -0.3 is 14.2 Å². The fourth-order valence-electron chi connectivity index (χ4n) is 3.72. The number of fused-ring (bicyclic) bond motifs is 1. The van der Waals surface area contributed by atoms with Crippen molar-refractivity contribution in [3.63, 3.8) is 0 Å². The van der Waals surface area contributed by atoms with Gasteiger partial charge in [-0.3, -0.25) is 4.79 Å². The predicted octanol–water partition coefficient (Wildman–Crippen LogP) is 3.77. The van der Waals surface area contributed by atoms with Crippen molar-refractivity contribution in [3.8, 4) is 0 Å². The topological polar surface area (TPSA) is 62.5 Å². The van der Waals surface area contributed by atoms with Crippen LogP contribution < -0.4 is 4.90 Å². The minimum Gasteiger partial charge on any atom is -0.404 e. The highest BCUT2D eigenvalue weighted by Gasteiger charge is 2.29. The number of piperazine rings is 1. The number of anilines is 1. The van der Waals surface area contributed by atoms with E-state index in [4.69, 9.17) is 4.42 Å². The van der Waals surface area contributed by atoms with Gasteiger partial charge in [0.15, 0.2) is 0 Å². The third kappa shape index (κ3) is 4.09. The summed E-state index contributed by atoms with van der Waals surface area (Å²) in [5.41, 5.74) is 3.02. The fourth-order valence-corrected chi connectivity index (χ4v) is 3.72. The molecule has 0 radical (unpaired) electrons. The van der Waals surface area contributed by atoms with Crippen LogP contribution >= 0.6 is 0 Å². The Morgan fingerprint density at radius 1 is 1.28 bits per heavy atom. The molecule has 2 aromatic heterocycles. The lowest BCUT2D eigenvalue weighted by Crippen LogP contribution is -2.54. The second-order valence-corrected chi connectivity index (χ2v) is 7.93. The van der Waals surface area contributed by atoms with Crippen molar-refractivity contribution in [2.24, 2.45) is 0 Å². The molecule has 1 aliphatic heterocycles. The number of rotatable bonds is 4. The van der Waals surface area contributed by atoms with Gasteiger partial charge in [0.25, 0.3) is 6.01 Å². The zero-order valence-electron chi connectivity index (χ0n) is 16.9. The van der Waals surface area contributed by atoms with Crippen molar-refractivity contribution < 1.29 is 13.6 Å². The Bertz CT molecular complexity index is 1020. The number of carbonyl (C=O) groups is 1. The van der Waals surface area contributed by atoms with Gasteiger partial charge in [0, 0.05) is 31.7 Å². The molecule has 0 spiro atoms. The number of aromatic nitrogens is 2. The maximum atomic E-state index is 13.3. The fraction of sp³-hybridized carbons (Fsp3) is 0.409. The average Bonchev–Trinajstić information content (AvgIpc) is 3.11. The van der Waals surface area contributed by atoms with Crippen LogP contribution in [-0.2, 0) is 11.2 Å². The third-order valence-corrected chi connectivity index (χ3v) is 5.42. The van der Waals surface area contributed by atoms with Gasteiger partial charge in [0.1, 0.15) is 11.3 Å². The van der Waals surface area contributed by atoms with Crippen LogP contribution in [0.1, 0.15) is 37.8 Å². The number of hydrogen-bond acceptors (Lipinski definition) is 5. The lowest BCUT2D eigenvalue weighted by Gasteiger charge is -2.39. The lowest BCUT2D eigenvalue weighted by atomic mass is 10.0. The zero-order valence-corrected chi connectivity index (χ0v) is 16.9. The molecule has 152 valence electrons. The third-order valence-electron chi connectivity index (χ3n) is 5.42. The molecule has 1 fully saturated rings. The van der Waals surface area contributed by atoms with Gasteiger partial charge in [-0.05, 0) is 24.0 Å². The minimum atomic E-state index is -0.442. The molecular weight excluding hydrogens is 371 g/mol. The van der Waals surface area contributed by atoms with Crippen molar-refractivity contribution in [3.05, 3.63) is 53.5 Å². The summed E-state index contributed by atoms with van der Waals surface area (Å²) in [5.74, 6) is 0.157. The van der Waals surface area contributed by atoms with Crippen LogP contribution in [-0.4, -0.2) is 46.5 Å². The van der Waals surface area contributed by atoms with Gasteiger partial charge in [0.2, 0.25) is 11.6 Å². The summed E-state index contributed by atoms with van der Waals surface area (Å²) in [6.07, 6.45) is 1.51. The molecule has 0 aliphatic carbocycles. The number of benzene rings is 1. The van der Waals surface area contributed by atoms with E-state index in [1.165, 1.54) is 11.6 Å². The second-order valence-electron chi connectivity index (χ2n) is 7.93. The van der Waals surface area contributed by atoms with E-state index in [0.29, 0.717) is 49.2 Å². The SMILES string of the molecule is CC(C)c1ccc(CC(=O)N2CCN(c3nc4cc(F)cnc4o3)C[C@H]2C)cc1. The molecule has 0 N–H and O–H groups in total. The molecule has 0 bridgehead atoms. The van der Waals surface area contributed by atoms with Crippen molar-refractivity contribution in [2.45, 2.75) is 39.2 Å². The molecule has 3 heterocycles. The van der Waals surface area contributed by atoms with Crippen molar-refractivity contribution in [1.82, 2.24) is 14.9 Å². The number of amides is 1. The molecule has 29 heavy (non-hydrogen) atoms. The quantitative estimate of drug-likeness (QED) is 0.672. The molecule has 0 unspecified atom stereocenters. The number of hydrogen-bond donors (Lipinski definition) is 0. The molecule has 0 saturated carbocycles. The first-order valence-electron chi connectivity index (χ1n) is 9.96. The van der Waals surface area contributed by atoms with Crippen molar-refractivity contribution >= 4 is 23.2 Å². The van der Waals surface area contributed by atoms with E-state index in [1.807, 2.05) is 28.9 Å². The van der Waals surface area contributed by atoms with E-state index < -0.39 is 5.82 Å². The normalized spacial score (nSPS) is 17.3. The van der Waals surface area contributed by atoms with E-state index in [2.05, 4.69) is 35.9 Å². The van der Waals surface area contributed by atoms with Gasteiger partial charge >= 0.3 is 0 Å². The number of pyridine rings is 1. The second kappa shape index (κ2) is 7.81. The molecule has 1 amide bonds. The first-order chi connectivity index (χ1) is 13.9. The van der Waals surface area contributed by atoms with Gasteiger partial charge in [0.05, 0.1) is 12.6 Å². The summed E-state index contributed by atoms with van der Waals surface area (Å²) >= 11 is 0. The monoisotopic (exact) mass is 396 g/mol. The van der Waals surface area contributed by atoms with Crippen LogP contribution in [0.15, 0.2) is 40.9 Å².